The van der Waals surface area contributed by atoms with Crippen molar-refractivity contribution >= 4 is 45.2 Å². The molecule has 32 heavy (non-hydrogen) atoms. The number of nitrogens with one attached hydrogen (secondary N) is 1. The molecule has 0 radical (unpaired) electrons. The Balaban J connectivity index is 1.51. The molecule has 0 saturated carbocycles. The zero-order chi connectivity index (χ0) is 22.9. The SMILES string of the molecule is O=C(O)C[C@H](NC(=O)OCc1ccccc1)C(=O)COC(=O)Cc1csc2ccccc12. The predicted molar refractivity (Wildman–Crippen MR) is 117 cm³/mol. The van der Waals surface area contributed by atoms with Gasteiger partial charge < -0.3 is 19.9 Å². The van der Waals surface area contributed by atoms with E-state index in [9.17, 15) is 19.2 Å². The molecule has 2 aromatic carbocycles. The van der Waals surface area contributed by atoms with Crippen molar-refractivity contribution in [3.05, 3.63) is 71.1 Å². The van der Waals surface area contributed by atoms with Crippen molar-refractivity contribution in [3.8, 4) is 0 Å². The molecule has 0 bridgehead atoms. The minimum atomic E-state index is -1.38. The molecule has 0 aliphatic rings. The number of aliphatic carboxylic acids is 1. The second-order valence-electron chi connectivity index (χ2n) is 6.92. The third-order valence-corrected chi connectivity index (χ3v) is 5.56. The Kier molecular flexibility index (Phi) is 7.93. The van der Waals surface area contributed by atoms with Crippen molar-refractivity contribution in [3.63, 3.8) is 0 Å². The molecule has 0 fully saturated rings. The summed E-state index contributed by atoms with van der Waals surface area (Å²) in [5.41, 5.74) is 1.52. The fourth-order valence-electron chi connectivity index (χ4n) is 2.96. The number of ketones is 1. The molecule has 166 valence electrons. The van der Waals surface area contributed by atoms with Crippen molar-refractivity contribution in [2.75, 3.05) is 6.61 Å². The molecule has 3 aromatic rings. The monoisotopic (exact) mass is 455 g/mol. The number of rotatable bonds is 10. The molecule has 9 heteroatoms. The first-order valence-corrected chi connectivity index (χ1v) is 10.6. The summed E-state index contributed by atoms with van der Waals surface area (Å²) in [6.45, 7) is -0.692. The Morgan fingerprint density at radius 3 is 2.44 bits per heavy atom. The maximum absolute atomic E-state index is 12.4. The standard InChI is InChI=1S/C23H21NO7S/c25-19(13-30-22(28)10-16-14-32-20-9-5-4-8-17(16)20)18(11-21(26)27)24-23(29)31-12-15-6-2-1-3-7-15/h1-9,14,18H,10-13H2,(H,24,29)(H,26,27)/t18-/m0/s1. The lowest BCUT2D eigenvalue weighted by atomic mass is 10.1. The first kappa shape index (κ1) is 23.0. The Bertz CT molecular complexity index is 1110. The molecular weight excluding hydrogens is 434 g/mol. The van der Waals surface area contributed by atoms with Crippen LogP contribution >= 0.6 is 11.3 Å². The van der Waals surface area contributed by atoms with E-state index in [1.807, 2.05) is 35.7 Å². The Morgan fingerprint density at radius 2 is 1.69 bits per heavy atom. The molecule has 0 unspecified atom stereocenters. The second kappa shape index (κ2) is 11.1. The molecular formula is C23H21NO7S. The summed E-state index contributed by atoms with van der Waals surface area (Å²) >= 11 is 1.50. The van der Waals surface area contributed by atoms with Crippen LogP contribution in [0.25, 0.3) is 10.1 Å². The highest BCUT2D eigenvalue weighted by atomic mass is 32.1. The Hall–Kier alpha value is -3.72. The van der Waals surface area contributed by atoms with Gasteiger partial charge >= 0.3 is 18.0 Å². The largest absolute Gasteiger partial charge is 0.481 e. The van der Waals surface area contributed by atoms with E-state index in [0.29, 0.717) is 0 Å². The Morgan fingerprint density at radius 1 is 0.969 bits per heavy atom. The summed E-state index contributed by atoms with van der Waals surface area (Å²) in [5, 5.41) is 14.1. The van der Waals surface area contributed by atoms with Gasteiger partial charge in [-0.3, -0.25) is 14.4 Å². The number of alkyl carbamates (subject to hydrolysis) is 1. The minimum absolute atomic E-state index is 0.0204. The second-order valence-corrected chi connectivity index (χ2v) is 7.83. The minimum Gasteiger partial charge on any atom is -0.481 e. The highest BCUT2D eigenvalue weighted by Crippen LogP contribution is 2.26. The van der Waals surface area contributed by atoms with Crippen LogP contribution < -0.4 is 5.32 Å². The van der Waals surface area contributed by atoms with Crippen LogP contribution in [-0.2, 0) is 36.9 Å². The summed E-state index contributed by atoms with van der Waals surface area (Å²) in [4.78, 5) is 47.7. The van der Waals surface area contributed by atoms with E-state index < -0.39 is 42.9 Å². The van der Waals surface area contributed by atoms with Crippen LogP contribution in [-0.4, -0.2) is 41.6 Å². The fraction of sp³-hybridized carbons (Fsp3) is 0.217. The van der Waals surface area contributed by atoms with Gasteiger partial charge in [0.15, 0.2) is 12.4 Å². The van der Waals surface area contributed by atoms with Crippen molar-refractivity contribution in [1.82, 2.24) is 5.32 Å². The number of thiophene rings is 1. The number of hydrogen-bond acceptors (Lipinski definition) is 7. The van der Waals surface area contributed by atoms with Gasteiger partial charge in [-0.25, -0.2) is 4.79 Å². The van der Waals surface area contributed by atoms with Gasteiger partial charge in [0.2, 0.25) is 0 Å². The van der Waals surface area contributed by atoms with E-state index in [4.69, 9.17) is 14.6 Å². The quantitative estimate of drug-likeness (QED) is 0.450. The maximum Gasteiger partial charge on any atom is 0.408 e. The summed E-state index contributed by atoms with van der Waals surface area (Å²) in [7, 11) is 0. The molecule has 0 aliphatic heterocycles. The molecule has 3 rings (SSSR count). The van der Waals surface area contributed by atoms with Crippen LogP contribution in [0.3, 0.4) is 0 Å². The number of carbonyl (C=O) groups excluding carboxylic acids is 3. The molecule has 0 saturated heterocycles. The number of Topliss-reactive ketones (excluding diaryl/α,β-unsaturated/α-hetero) is 1. The molecule has 0 spiro atoms. The van der Waals surface area contributed by atoms with Gasteiger partial charge in [-0.15, -0.1) is 11.3 Å². The third kappa shape index (κ3) is 6.64. The molecule has 8 nitrogen and oxygen atoms in total. The molecule has 1 atom stereocenters. The van der Waals surface area contributed by atoms with E-state index in [2.05, 4.69) is 5.32 Å². The van der Waals surface area contributed by atoms with E-state index in [1.165, 1.54) is 11.3 Å². The Labute approximate surface area is 187 Å². The fourth-order valence-corrected chi connectivity index (χ4v) is 3.92. The van der Waals surface area contributed by atoms with Crippen LogP contribution in [0.15, 0.2) is 60.0 Å². The molecule has 1 amide bonds. The third-order valence-electron chi connectivity index (χ3n) is 4.54. The first-order valence-electron chi connectivity index (χ1n) is 9.75. The zero-order valence-electron chi connectivity index (χ0n) is 17.0. The van der Waals surface area contributed by atoms with E-state index in [-0.39, 0.29) is 13.0 Å². The van der Waals surface area contributed by atoms with Crippen LogP contribution in [0.2, 0.25) is 0 Å². The summed E-state index contributed by atoms with van der Waals surface area (Å²) in [5.74, 6) is -2.65. The lowest BCUT2D eigenvalue weighted by Gasteiger charge is -2.16. The number of hydrogen-bond donors (Lipinski definition) is 2. The average molecular weight is 455 g/mol. The predicted octanol–water partition coefficient (Wildman–Crippen LogP) is 3.33. The normalized spacial score (nSPS) is 11.5. The van der Waals surface area contributed by atoms with Crippen molar-refractivity contribution in [1.29, 1.82) is 0 Å². The van der Waals surface area contributed by atoms with E-state index in [1.54, 1.807) is 24.3 Å². The van der Waals surface area contributed by atoms with Gasteiger partial charge in [0, 0.05) is 4.70 Å². The van der Waals surface area contributed by atoms with Crippen molar-refractivity contribution in [2.24, 2.45) is 0 Å². The summed E-state index contributed by atoms with van der Waals surface area (Å²) < 4.78 is 11.1. The number of amides is 1. The number of fused-ring (bicyclic) bond motifs is 1. The lowest BCUT2D eigenvalue weighted by molar-refractivity contribution is -0.148. The van der Waals surface area contributed by atoms with Gasteiger partial charge in [0.25, 0.3) is 0 Å². The van der Waals surface area contributed by atoms with Gasteiger partial charge in [-0.05, 0) is 28.0 Å². The number of carbonyl (C=O) groups is 4. The number of esters is 1. The van der Waals surface area contributed by atoms with Gasteiger partial charge in [-0.1, -0.05) is 48.5 Å². The first-order chi connectivity index (χ1) is 15.4. The molecule has 0 aliphatic carbocycles. The summed E-state index contributed by atoms with van der Waals surface area (Å²) in [6.07, 6.45) is -1.62. The van der Waals surface area contributed by atoms with Crippen LogP contribution in [0.1, 0.15) is 17.5 Å². The molecule has 1 heterocycles. The smallest absolute Gasteiger partial charge is 0.408 e. The van der Waals surface area contributed by atoms with Crippen LogP contribution in [0.4, 0.5) is 4.79 Å². The lowest BCUT2D eigenvalue weighted by Crippen LogP contribution is -2.44. The zero-order valence-corrected chi connectivity index (χ0v) is 17.8. The highest BCUT2D eigenvalue weighted by Gasteiger charge is 2.25. The number of ether oxygens (including phenoxy) is 2. The number of carboxylic acid groups (broad SMARTS) is 1. The molecule has 1 aromatic heterocycles. The average Bonchev–Trinajstić information content (AvgIpc) is 3.19. The van der Waals surface area contributed by atoms with Crippen molar-refractivity contribution in [2.45, 2.75) is 25.5 Å². The van der Waals surface area contributed by atoms with Crippen LogP contribution in [0, 0.1) is 0 Å². The van der Waals surface area contributed by atoms with E-state index in [0.717, 1.165) is 21.2 Å². The number of benzene rings is 2. The van der Waals surface area contributed by atoms with E-state index >= 15 is 0 Å². The van der Waals surface area contributed by atoms with Crippen LogP contribution in [0.5, 0.6) is 0 Å². The highest BCUT2D eigenvalue weighted by molar-refractivity contribution is 7.17. The number of carboxylic acids is 1. The van der Waals surface area contributed by atoms with Gasteiger partial charge in [0.05, 0.1) is 12.8 Å². The van der Waals surface area contributed by atoms with Crippen molar-refractivity contribution < 1.29 is 33.8 Å². The topological polar surface area (TPSA) is 119 Å². The molecule has 2 N–H and O–H groups in total. The maximum atomic E-state index is 12.4. The van der Waals surface area contributed by atoms with Gasteiger partial charge in [0.1, 0.15) is 12.6 Å². The summed E-state index contributed by atoms with van der Waals surface area (Å²) in [6, 6.07) is 15.1. The van der Waals surface area contributed by atoms with Gasteiger partial charge in [-0.2, -0.15) is 0 Å².